The number of hydrogen-bond acceptors (Lipinski definition) is 9. The molecule has 1 aromatic heterocycles. The third-order valence-corrected chi connectivity index (χ3v) is 3.78. The number of carbonyl (C=O) groups excluding carboxylic acids is 1. The molecule has 1 aliphatic rings. The largest absolute Gasteiger partial charge is 0.459 e. The summed E-state index contributed by atoms with van der Waals surface area (Å²) in [5.41, 5.74) is 0.933. The Bertz CT molecular complexity index is 825. The molecule has 1 aromatic rings. The molecule has 12 heteroatoms. The van der Waals surface area contributed by atoms with E-state index in [1.54, 1.807) is 0 Å². The smallest absolute Gasteiger partial charge is 0.352 e. The summed E-state index contributed by atoms with van der Waals surface area (Å²) >= 11 is 0. The Balaban J connectivity index is 2.46. The van der Waals surface area contributed by atoms with Crippen molar-refractivity contribution in [3.05, 3.63) is 22.5 Å². The van der Waals surface area contributed by atoms with E-state index in [4.69, 9.17) is 10.5 Å². The van der Waals surface area contributed by atoms with Gasteiger partial charge in [-0.15, -0.1) is 0 Å². The van der Waals surface area contributed by atoms with Crippen LogP contribution in [0.5, 0.6) is 0 Å². The normalized spacial score (nSPS) is 31.0. The molecule has 0 aromatic carbocycles. The van der Waals surface area contributed by atoms with Crippen LogP contribution in [0.4, 0.5) is 14.6 Å². The van der Waals surface area contributed by atoms with Crippen LogP contribution in [-0.2, 0) is 20.0 Å². The molecule has 10 nitrogen and oxygen atoms in total. The van der Waals surface area contributed by atoms with E-state index in [-0.39, 0.29) is 4.57 Å². The molecule has 1 aliphatic heterocycles. The number of anilines is 1. The van der Waals surface area contributed by atoms with E-state index in [1.165, 1.54) is 19.9 Å². The average molecular weight is 374 g/mol. The van der Waals surface area contributed by atoms with Crippen LogP contribution >= 0.6 is 0 Å². The van der Waals surface area contributed by atoms with E-state index < -0.39 is 59.6 Å². The van der Waals surface area contributed by atoms with E-state index in [1.807, 2.05) is 0 Å². The van der Waals surface area contributed by atoms with Crippen molar-refractivity contribution in [2.75, 3.05) is 12.3 Å². The second-order valence-corrected chi connectivity index (χ2v) is 5.98. The minimum Gasteiger partial charge on any atom is -0.459 e. The third kappa shape index (κ3) is 3.00. The summed E-state index contributed by atoms with van der Waals surface area (Å²) in [6.45, 7) is 1.76. The molecule has 1 saturated heterocycles. The number of nitrogens with zero attached hydrogens (tertiary/aromatic N) is 3. The number of alkyl halides is 1. The van der Waals surface area contributed by atoms with Crippen LogP contribution in [0.3, 0.4) is 0 Å². The average Bonchev–Trinajstić information content (AvgIpc) is 2.78. The van der Waals surface area contributed by atoms with E-state index in [0.29, 0.717) is 6.20 Å². The molecule has 2 rings (SSSR count). The zero-order valence-corrected chi connectivity index (χ0v) is 13.7. The highest BCUT2D eigenvalue weighted by Gasteiger charge is 2.66. The van der Waals surface area contributed by atoms with Crippen LogP contribution in [0, 0.1) is 23.1 Å². The highest BCUT2D eigenvalue weighted by molar-refractivity contribution is 5.71. The lowest BCUT2D eigenvalue weighted by atomic mass is 10.0. The summed E-state index contributed by atoms with van der Waals surface area (Å²) in [6, 6.07) is 1.33. The number of aliphatic hydroxyl groups excluding tert-OH is 2. The predicted octanol–water partition coefficient (Wildman–Crippen LogP) is -1.24. The van der Waals surface area contributed by atoms with Gasteiger partial charge in [0.15, 0.2) is 18.2 Å². The van der Waals surface area contributed by atoms with Gasteiger partial charge in [-0.1, -0.05) is 13.8 Å². The maximum absolute atomic E-state index is 14.9. The maximum Gasteiger partial charge on any atom is 0.352 e. The zero-order valence-electron chi connectivity index (χ0n) is 13.7. The highest BCUT2D eigenvalue weighted by atomic mass is 19.2. The van der Waals surface area contributed by atoms with Gasteiger partial charge in [0.2, 0.25) is 0 Å². The maximum atomic E-state index is 14.9. The molecule has 0 aliphatic carbocycles. The zero-order chi connectivity index (χ0) is 19.9. The first-order valence-electron chi connectivity index (χ1n) is 7.36. The van der Waals surface area contributed by atoms with Crippen molar-refractivity contribution in [1.82, 2.24) is 9.55 Å². The van der Waals surface area contributed by atoms with Gasteiger partial charge in [-0.25, -0.2) is 13.6 Å². The summed E-state index contributed by atoms with van der Waals surface area (Å²) in [7, 11) is 0. The number of nitrogens with two attached hydrogens (primary N) is 1. The Hall–Kier alpha value is -2.62. The number of ether oxygens (including phenoxy) is 2. The number of hydrogen-bond donors (Lipinski definition) is 3. The first-order valence-corrected chi connectivity index (χ1v) is 7.36. The molecule has 0 spiro atoms. The number of aromatic nitrogens is 2. The molecule has 0 amide bonds. The Kier molecular flexibility index (Phi) is 5.00. The molecule has 1 fully saturated rings. The number of nitrogen functional groups attached to an aromatic ring is 1. The fraction of sp³-hybridized carbons (Fsp3) is 0.571. The molecule has 142 valence electrons. The lowest BCUT2D eigenvalue weighted by Gasteiger charge is -2.27. The molecule has 4 atom stereocenters. The summed E-state index contributed by atoms with van der Waals surface area (Å²) in [5, 5.41) is 29.5. The van der Waals surface area contributed by atoms with Gasteiger partial charge < -0.3 is 20.7 Å². The lowest BCUT2D eigenvalue weighted by Crippen LogP contribution is -2.50. The van der Waals surface area contributed by atoms with Gasteiger partial charge in [0.1, 0.15) is 18.3 Å². The second kappa shape index (κ2) is 6.60. The van der Waals surface area contributed by atoms with Crippen LogP contribution in [0.15, 0.2) is 11.0 Å². The van der Waals surface area contributed by atoms with Gasteiger partial charge in [0, 0.05) is 0 Å². The van der Waals surface area contributed by atoms with E-state index in [9.17, 15) is 33.8 Å². The Morgan fingerprint density at radius 3 is 2.73 bits per heavy atom. The van der Waals surface area contributed by atoms with Gasteiger partial charge in [-0.2, -0.15) is 10.2 Å². The van der Waals surface area contributed by atoms with Crippen LogP contribution in [0.2, 0.25) is 0 Å². The topological polar surface area (TPSA) is 161 Å². The number of halogens is 2. The van der Waals surface area contributed by atoms with Gasteiger partial charge in [-0.3, -0.25) is 14.1 Å². The third-order valence-electron chi connectivity index (χ3n) is 3.78. The van der Waals surface area contributed by atoms with Crippen molar-refractivity contribution in [1.29, 1.82) is 5.26 Å². The standard InChI is InChI=1S/C14H16F2N4O6/c1-6(2)11(23)25-5-13(16)8(21)9(22)14(4-17,26-13)20-3-7(15)10(18)19-12(20)24/h3,6,8-9,21-22H,5H2,1-2H3,(H2,18,19,24)/t8-,9+,13+,14+/m0/s1. The Morgan fingerprint density at radius 2 is 2.19 bits per heavy atom. The van der Waals surface area contributed by atoms with E-state index in [0.717, 1.165) is 0 Å². The number of esters is 1. The highest BCUT2D eigenvalue weighted by Crippen LogP contribution is 2.42. The Morgan fingerprint density at radius 1 is 1.58 bits per heavy atom. The molecule has 0 saturated carbocycles. The van der Waals surface area contributed by atoms with Crippen LogP contribution in [-0.4, -0.2) is 50.4 Å². The summed E-state index contributed by atoms with van der Waals surface area (Å²) < 4.78 is 38.2. The number of nitriles is 1. The molecule has 26 heavy (non-hydrogen) atoms. The van der Waals surface area contributed by atoms with Crippen molar-refractivity contribution in [2.45, 2.75) is 37.6 Å². The van der Waals surface area contributed by atoms with Crippen LogP contribution < -0.4 is 11.4 Å². The summed E-state index contributed by atoms with van der Waals surface area (Å²) in [5.74, 6) is -6.73. The van der Waals surface area contributed by atoms with E-state index >= 15 is 0 Å². The van der Waals surface area contributed by atoms with Gasteiger partial charge >= 0.3 is 11.7 Å². The lowest BCUT2D eigenvalue weighted by molar-refractivity contribution is -0.235. The first kappa shape index (κ1) is 19.7. The molecular formula is C14H16F2N4O6. The van der Waals surface area contributed by atoms with E-state index in [2.05, 4.69) is 9.72 Å². The fourth-order valence-corrected chi connectivity index (χ4v) is 2.30. The Labute approximate surface area is 145 Å². The fourth-order valence-electron chi connectivity index (χ4n) is 2.30. The van der Waals surface area contributed by atoms with Crippen molar-refractivity contribution in [3.8, 4) is 6.07 Å². The van der Waals surface area contributed by atoms with Crippen molar-refractivity contribution >= 4 is 11.8 Å². The molecular weight excluding hydrogens is 358 g/mol. The quantitative estimate of drug-likeness (QED) is 0.547. The van der Waals surface area contributed by atoms with Crippen LogP contribution in [0.1, 0.15) is 13.8 Å². The van der Waals surface area contributed by atoms with Gasteiger partial charge in [0.25, 0.3) is 11.6 Å². The number of rotatable bonds is 4. The molecule has 0 radical (unpaired) electrons. The molecule has 0 unspecified atom stereocenters. The first-order chi connectivity index (χ1) is 12.0. The minimum absolute atomic E-state index is 0.165. The van der Waals surface area contributed by atoms with Gasteiger partial charge in [-0.05, 0) is 0 Å². The second-order valence-electron chi connectivity index (χ2n) is 5.98. The molecule has 0 bridgehead atoms. The summed E-state index contributed by atoms with van der Waals surface area (Å²) in [6.07, 6.45) is -4.34. The number of aliphatic hydroxyl groups is 2. The van der Waals surface area contributed by atoms with Crippen LogP contribution in [0.25, 0.3) is 0 Å². The number of carbonyl (C=O) groups is 1. The van der Waals surface area contributed by atoms with Crippen molar-refractivity contribution in [2.24, 2.45) is 5.92 Å². The molecule has 2 heterocycles. The SMILES string of the molecule is CC(C)C(=O)OC[C@@]1(F)O[C@@](C#N)(n2cc(F)c(N)nc2=O)[C@H](O)[C@@H]1O. The predicted molar refractivity (Wildman–Crippen MR) is 79.2 cm³/mol. The molecule has 4 N–H and O–H groups in total. The van der Waals surface area contributed by atoms with Crippen molar-refractivity contribution < 1.29 is 33.3 Å². The summed E-state index contributed by atoms with van der Waals surface area (Å²) in [4.78, 5) is 26.5. The van der Waals surface area contributed by atoms with Gasteiger partial charge in [0.05, 0.1) is 12.1 Å². The monoisotopic (exact) mass is 374 g/mol. The van der Waals surface area contributed by atoms with Crippen molar-refractivity contribution in [3.63, 3.8) is 0 Å². The minimum atomic E-state index is -3.24.